The quantitative estimate of drug-likeness (QED) is 0.369. The third-order valence-electron chi connectivity index (χ3n) is 5.99. The Morgan fingerprint density at radius 3 is 1.31 bits per heavy atom. The maximum absolute atomic E-state index is 7.42. The monoisotopic (exact) mass is 486 g/mol. The predicted molar refractivity (Wildman–Crippen MR) is 142 cm³/mol. The summed E-state index contributed by atoms with van der Waals surface area (Å²) < 4.78 is 19.8. The van der Waals surface area contributed by atoms with E-state index in [4.69, 9.17) is 13.3 Å². The van der Waals surface area contributed by atoms with Crippen molar-refractivity contribution in [2.24, 2.45) is 0 Å². The molecule has 1 atom stereocenters. The van der Waals surface area contributed by atoms with Crippen molar-refractivity contribution in [2.75, 3.05) is 14.2 Å². The standard InChI is InChI=1S/C21H46O3Si5/c1-22-20-17-15-19(16-18-20)21(25(3,4)5,26(6,7)8)29(23-2,28(12,13)14)24-27(9,10)11/h15-18H,1-14H3. The highest BCUT2D eigenvalue weighted by Crippen LogP contribution is 2.53. The Bertz CT molecular complexity index is 665. The molecule has 0 bridgehead atoms. The van der Waals surface area contributed by atoms with Crippen molar-refractivity contribution in [2.45, 2.75) is 82.8 Å². The second-order valence-electron chi connectivity index (χ2n) is 12.3. The average molecular weight is 487 g/mol. The number of methoxy groups -OCH3 is 1. The second kappa shape index (κ2) is 8.52. The molecule has 3 nitrogen and oxygen atoms in total. The summed E-state index contributed by atoms with van der Waals surface area (Å²) in [5.74, 6) is 0.914. The van der Waals surface area contributed by atoms with E-state index in [0.29, 0.717) is 0 Å². The normalized spacial score (nSPS) is 16.5. The van der Waals surface area contributed by atoms with Gasteiger partial charge < -0.3 is 13.3 Å². The Balaban J connectivity index is 4.22. The molecule has 1 unspecified atom stereocenters. The van der Waals surface area contributed by atoms with Crippen molar-refractivity contribution in [1.29, 1.82) is 0 Å². The number of hydrogen-bond acceptors (Lipinski definition) is 3. The summed E-state index contributed by atoms with van der Waals surface area (Å²) in [6.07, 6.45) is 0. The van der Waals surface area contributed by atoms with Crippen LogP contribution in [0, 0.1) is 0 Å². The van der Waals surface area contributed by atoms with Gasteiger partial charge in [-0.25, -0.2) is 0 Å². The average Bonchev–Trinajstić information content (AvgIpc) is 2.50. The van der Waals surface area contributed by atoms with E-state index in [1.165, 1.54) is 5.56 Å². The minimum Gasteiger partial charge on any atom is -0.497 e. The first-order valence-electron chi connectivity index (χ1n) is 10.7. The van der Waals surface area contributed by atoms with Crippen LogP contribution in [0.4, 0.5) is 0 Å². The van der Waals surface area contributed by atoms with Gasteiger partial charge in [0.2, 0.25) is 0 Å². The van der Waals surface area contributed by atoms with Crippen LogP contribution in [0.3, 0.4) is 0 Å². The van der Waals surface area contributed by atoms with Gasteiger partial charge in [-0.1, -0.05) is 71.1 Å². The van der Waals surface area contributed by atoms with E-state index in [1.807, 2.05) is 7.11 Å². The van der Waals surface area contributed by atoms with Crippen LogP contribution >= 0.6 is 0 Å². The zero-order chi connectivity index (χ0) is 23.1. The van der Waals surface area contributed by atoms with Crippen LogP contribution in [0.5, 0.6) is 5.75 Å². The molecule has 0 aliphatic carbocycles. The lowest BCUT2D eigenvalue weighted by Crippen LogP contribution is -2.87. The Hall–Kier alpha value is 0.0244. The SMILES string of the molecule is COc1ccc(C([Si](C)(C)C)([Si](C)(C)C)[Si](OC)(O[Si](C)(C)C)[Si](C)(C)C)cc1. The van der Waals surface area contributed by atoms with Crippen molar-refractivity contribution < 1.29 is 13.3 Å². The van der Waals surface area contributed by atoms with Gasteiger partial charge in [0.25, 0.3) is 0 Å². The van der Waals surface area contributed by atoms with E-state index in [1.54, 1.807) is 7.11 Å². The third-order valence-corrected chi connectivity index (χ3v) is 39.5. The maximum atomic E-state index is 7.42. The molecule has 0 aromatic heterocycles. The van der Waals surface area contributed by atoms with Gasteiger partial charge in [0, 0.05) is 11.4 Å². The number of ether oxygens (including phenoxy) is 1. The maximum Gasteiger partial charge on any atom is 0.310 e. The molecule has 1 aromatic carbocycles. The van der Waals surface area contributed by atoms with Crippen LogP contribution < -0.4 is 4.74 Å². The third kappa shape index (κ3) is 4.78. The van der Waals surface area contributed by atoms with Crippen LogP contribution in [-0.4, -0.2) is 54.4 Å². The van der Waals surface area contributed by atoms with Crippen molar-refractivity contribution in [1.82, 2.24) is 0 Å². The molecule has 0 heterocycles. The van der Waals surface area contributed by atoms with E-state index in [0.717, 1.165) is 5.75 Å². The molecule has 0 saturated carbocycles. The summed E-state index contributed by atoms with van der Waals surface area (Å²) >= 11 is 0. The van der Waals surface area contributed by atoms with Crippen molar-refractivity contribution in [3.05, 3.63) is 29.8 Å². The molecule has 1 rings (SSSR count). The summed E-state index contributed by atoms with van der Waals surface area (Å²) in [5, 5.41) is 0. The van der Waals surface area contributed by atoms with E-state index >= 15 is 0 Å². The fourth-order valence-corrected chi connectivity index (χ4v) is 59.1. The lowest BCUT2D eigenvalue weighted by atomic mass is 10.2. The molecule has 0 saturated heterocycles. The number of rotatable bonds is 9. The fraction of sp³-hybridized carbons (Fsp3) is 0.714. The molecular weight excluding hydrogens is 441 g/mol. The highest BCUT2D eigenvalue weighted by molar-refractivity contribution is 7.44. The summed E-state index contributed by atoms with van der Waals surface area (Å²) in [4.78, 5) is 0. The molecule has 0 N–H and O–H groups in total. The van der Waals surface area contributed by atoms with Gasteiger partial charge >= 0.3 is 8.08 Å². The lowest BCUT2D eigenvalue weighted by Gasteiger charge is -2.64. The van der Waals surface area contributed by atoms with Gasteiger partial charge in [-0.2, -0.15) is 0 Å². The molecule has 0 radical (unpaired) electrons. The van der Waals surface area contributed by atoms with Crippen LogP contribution in [0.25, 0.3) is 0 Å². The topological polar surface area (TPSA) is 27.7 Å². The van der Waals surface area contributed by atoms with Crippen molar-refractivity contribution in [3.8, 4) is 5.75 Å². The lowest BCUT2D eigenvalue weighted by molar-refractivity contribution is 0.304. The first-order valence-corrected chi connectivity index (χ1v) is 27.4. The van der Waals surface area contributed by atoms with Gasteiger partial charge in [0.1, 0.15) is 13.3 Å². The molecule has 1 aromatic rings. The highest BCUT2D eigenvalue weighted by Gasteiger charge is 2.74. The van der Waals surface area contributed by atoms with E-state index < -0.39 is 40.1 Å². The molecule has 168 valence electrons. The largest absolute Gasteiger partial charge is 0.497 e. The predicted octanol–water partition coefficient (Wildman–Crippen LogP) is 6.58. The fourth-order valence-electron chi connectivity index (χ4n) is 5.73. The molecule has 0 aliphatic rings. The summed E-state index contributed by atoms with van der Waals surface area (Å²) in [6, 6.07) is 8.92. The summed E-state index contributed by atoms with van der Waals surface area (Å²) in [6.45, 7) is 29.7. The number of hydrogen-bond donors (Lipinski definition) is 0. The van der Waals surface area contributed by atoms with E-state index in [2.05, 4.69) is 103 Å². The summed E-state index contributed by atoms with van der Waals surface area (Å²) in [5.41, 5.74) is 1.44. The van der Waals surface area contributed by atoms with Crippen LogP contribution in [0.1, 0.15) is 5.56 Å². The number of benzene rings is 1. The molecule has 0 aliphatic heterocycles. The van der Waals surface area contributed by atoms with Crippen LogP contribution in [0.15, 0.2) is 24.3 Å². The molecule has 0 fully saturated rings. The Morgan fingerprint density at radius 1 is 0.655 bits per heavy atom. The van der Waals surface area contributed by atoms with Crippen molar-refractivity contribution in [3.63, 3.8) is 0 Å². The Morgan fingerprint density at radius 2 is 1.07 bits per heavy atom. The zero-order valence-corrected chi connectivity index (χ0v) is 26.5. The molecule has 8 heteroatoms. The smallest absolute Gasteiger partial charge is 0.310 e. The first kappa shape index (κ1) is 27.1. The van der Waals surface area contributed by atoms with Crippen LogP contribution in [0.2, 0.25) is 78.6 Å². The molecular formula is C21H46O3Si5. The minimum atomic E-state index is -2.64. The Kier molecular flexibility index (Phi) is 7.95. The Labute approximate surface area is 185 Å². The van der Waals surface area contributed by atoms with E-state index in [9.17, 15) is 0 Å². The van der Waals surface area contributed by atoms with Gasteiger partial charge in [0.15, 0.2) is 8.32 Å². The second-order valence-corrected chi connectivity index (χ2v) is 42.7. The van der Waals surface area contributed by atoms with Gasteiger partial charge in [0.05, 0.1) is 23.3 Å². The van der Waals surface area contributed by atoms with Crippen molar-refractivity contribution >= 4 is 40.1 Å². The van der Waals surface area contributed by atoms with E-state index in [-0.39, 0.29) is 4.28 Å². The van der Waals surface area contributed by atoms with Crippen LogP contribution in [-0.2, 0) is 12.8 Å². The minimum absolute atomic E-state index is 0.0266. The zero-order valence-electron chi connectivity index (χ0n) is 21.5. The molecule has 29 heavy (non-hydrogen) atoms. The summed E-state index contributed by atoms with van der Waals surface area (Å²) in [7, 11) is -6.26. The highest BCUT2D eigenvalue weighted by atomic mass is 29.3. The molecule has 0 spiro atoms. The first-order chi connectivity index (χ1) is 12.8. The molecule has 0 amide bonds. The van der Waals surface area contributed by atoms with Gasteiger partial charge in [-0.15, -0.1) is 0 Å². The van der Waals surface area contributed by atoms with Gasteiger partial charge in [-0.05, 0) is 37.3 Å². The van der Waals surface area contributed by atoms with Gasteiger partial charge in [-0.3, -0.25) is 0 Å².